The monoisotopic (exact) mass is 324 g/mol. The quantitative estimate of drug-likeness (QED) is 0.631. The average Bonchev–Trinajstić information content (AvgIpc) is 2.54. The number of aromatic nitrogens is 1. The lowest BCUT2D eigenvalue weighted by atomic mass is 9.81. The highest BCUT2D eigenvalue weighted by Gasteiger charge is 2.32. The van der Waals surface area contributed by atoms with Gasteiger partial charge in [0.2, 0.25) is 0 Å². The number of nitrogens with zero attached hydrogens (tertiary/aromatic N) is 2. The Morgan fingerprint density at radius 3 is 2.86 bits per heavy atom. The van der Waals surface area contributed by atoms with E-state index in [1.54, 1.807) is 12.1 Å². The van der Waals surface area contributed by atoms with Crippen LogP contribution in [-0.2, 0) is 9.53 Å². The summed E-state index contributed by atoms with van der Waals surface area (Å²) in [5, 5.41) is 0.318. The molecule has 5 nitrogen and oxygen atoms in total. The first-order valence-corrected chi connectivity index (χ1v) is 7.90. The number of methoxy groups -OCH3 is 1. The van der Waals surface area contributed by atoms with E-state index in [1.807, 2.05) is 4.90 Å². The number of hydrogen-bond acceptors (Lipinski definition) is 4. The van der Waals surface area contributed by atoms with Gasteiger partial charge < -0.3 is 9.64 Å². The predicted molar refractivity (Wildman–Crippen MR) is 83.7 cm³/mol. The minimum Gasteiger partial charge on any atom is -0.469 e. The Kier molecular flexibility index (Phi) is 5.77. The molecule has 1 aliphatic rings. The molecule has 1 amide bonds. The second kappa shape index (κ2) is 7.58. The molecule has 0 spiro atoms. The van der Waals surface area contributed by atoms with Crippen LogP contribution in [0, 0.1) is 11.8 Å². The first-order chi connectivity index (χ1) is 10.5. The van der Waals surface area contributed by atoms with E-state index in [9.17, 15) is 9.59 Å². The van der Waals surface area contributed by atoms with Gasteiger partial charge in [0.15, 0.2) is 0 Å². The number of hydrogen-bond donors (Lipinski definition) is 0. The van der Waals surface area contributed by atoms with E-state index in [2.05, 4.69) is 11.9 Å². The van der Waals surface area contributed by atoms with Crippen LogP contribution in [0.5, 0.6) is 0 Å². The molecule has 0 unspecified atom stereocenters. The number of likely N-dealkylation sites (tertiary alicyclic amines) is 1. The van der Waals surface area contributed by atoms with Gasteiger partial charge in [-0.3, -0.25) is 9.59 Å². The molecule has 22 heavy (non-hydrogen) atoms. The molecule has 1 aromatic heterocycles. The molecule has 2 rings (SSSR count). The number of piperidine rings is 1. The molecule has 1 saturated heterocycles. The van der Waals surface area contributed by atoms with Gasteiger partial charge in [-0.25, -0.2) is 4.98 Å². The highest BCUT2D eigenvalue weighted by Crippen LogP contribution is 2.30. The van der Waals surface area contributed by atoms with Gasteiger partial charge in [0, 0.05) is 31.3 Å². The summed E-state index contributed by atoms with van der Waals surface area (Å²) in [6.07, 6.45) is 3.72. The van der Waals surface area contributed by atoms with Gasteiger partial charge in [-0.2, -0.15) is 0 Å². The summed E-state index contributed by atoms with van der Waals surface area (Å²) in [4.78, 5) is 29.8. The van der Waals surface area contributed by atoms with Gasteiger partial charge in [0.1, 0.15) is 5.15 Å². The Balaban J connectivity index is 2.03. The third-order valence-electron chi connectivity index (χ3n) is 4.33. The smallest absolute Gasteiger partial charge is 0.305 e. The van der Waals surface area contributed by atoms with Crippen molar-refractivity contribution in [3.63, 3.8) is 0 Å². The summed E-state index contributed by atoms with van der Waals surface area (Å²) in [6.45, 7) is 3.40. The number of esters is 1. The van der Waals surface area contributed by atoms with E-state index in [4.69, 9.17) is 16.3 Å². The maximum Gasteiger partial charge on any atom is 0.305 e. The first kappa shape index (κ1) is 16.7. The van der Waals surface area contributed by atoms with Crippen molar-refractivity contribution < 1.29 is 14.3 Å². The van der Waals surface area contributed by atoms with Crippen LogP contribution >= 0.6 is 11.6 Å². The molecule has 1 aromatic rings. The Hall–Kier alpha value is -1.62. The second-order valence-electron chi connectivity index (χ2n) is 5.62. The number of halogens is 1. The fraction of sp³-hybridized carbons (Fsp3) is 0.562. The standard InChI is InChI=1S/C16H21ClN2O3/c1-3-11-10-19(7-5-12(11)9-15(20)22-2)16(21)13-4-6-18-14(17)8-13/h4,6,8,11-12H,3,5,7,9-10H2,1-2H3/t11-,12+/m1/s1. The summed E-state index contributed by atoms with van der Waals surface area (Å²) >= 11 is 5.85. The maximum absolute atomic E-state index is 12.5. The topological polar surface area (TPSA) is 59.5 Å². The van der Waals surface area contributed by atoms with Crippen molar-refractivity contribution in [3.05, 3.63) is 29.0 Å². The Bertz CT molecular complexity index is 550. The Morgan fingerprint density at radius 2 is 2.23 bits per heavy atom. The third kappa shape index (κ3) is 3.97. The molecule has 0 aliphatic carbocycles. The molecule has 0 aromatic carbocycles. The summed E-state index contributed by atoms with van der Waals surface area (Å²) in [7, 11) is 1.41. The fourth-order valence-electron chi connectivity index (χ4n) is 3.01. The minimum absolute atomic E-state index is 0.0285. The molecule has 2 heterocycles. The molecule has 0 bridgehead atoms. The van der Waals surface area contributed by atoms with E-state index in [1.165, 1.54) is 13.3 Å². The number of ether oxygens (including phenoxy) is 1. The van der Waals surface area contributed by atoms with Crippen LogP contribution < -0.4 is 0 Å². The van der Waals surface area contributed by atoms with E-state index in [0.717, 1.165) is 12.8 Å². The molecule has 0 N–H and O–H groups in total. The van der Waals surface area contributed by atoms with Gasteiger partial charge in [-0.1, -0.05) is 24.9 Å². The van der Waals surface area contributed by atoms with Gasteiger partial charge in [-0.05, 0) is 30.4 Å². The lowest BCUT2D eigenvalue weighted by molar-refractivity contribution is -0.142. The van der Waals surface area contributed by atoms with Crippen molar-refractivity contribution in [1.82, 2.24) is 9.88 Å². The van der Waals surface area contributed by atoms with Crippen LogP contribution in [-0.4, -0.2) is 42.0 Å². The van der Waals surface area contributed by atoms with Crippen LogP contribution in [0.4, 0.5) is 0 Å². The zero-order chi connectivity index (χ0) is 16.1. The maximum atomic E-state index is 12.5. The molecular formula is C16H21ClN2O3. The lowest BCUT2D eigenvalue weighted by Crippen LogP contribution is -2.44. The van der Waals surface area contributed by atoms with Crippen LogP contribution in [0.2, 0.25) is 5.15 Å². The predicted octanol–water partition coefficient (Wildman–Crippen LogP) is 2.79. The highest BCUT2D eigenvalue weighted by atomic mass is 35.5. The molecule has 120 valence electrons. The summed E-state index contributed by atoms with van der Waals surface area (Å²) in [5.74, 6) is 0.389. The van der Waals surface area contributed by atoms with Crippen molar-refractivity contribution in [2.24, 2.45) is 11.8 Å². The van der Waals surface area contributed by atoms with Crippen LogP contribution in [0.15, 0.2) is 18.3 Å². The van der Waals surface area contributed by atoms with Crippen LogP contribution in [0.25, 0.3) is 0 Å². The average molecular weight is 325 g/mol. The molecule has 2 atom stereocenters. The summed E-state index contributed by atoms with van der Waals surface area (Å²) in [6, 6.07) is 3.26. The molecule has 6 heteroatoms. The van der Waals surface area contributed by atoms with E-state index >= 15 is 0 Å². The minimum atomic E-state index is -0.177. The van der Waals surface area contributed by atoms with Crippen molar-refractivity contribution >= 4 is 23.5 Å². The van der Waals surface area contributed by atoms with E-state index < -0.39 is 0 Å². The molecule has 1 aliphatic heterocycles. The Labute approximate surface area is 135 Å². The van der Waals surface area contributed by atoms with Gasteiger partial charge >= 0.3 is 5.97 Å². The molecule has 0 radical (unpaired) electrons. The van der Waals surface area contributed by atoms with Crippen molar-refractivity contribution in [2.45, 2.75) is 26.2 Å². The number of amides is 1. The number of carbonyl (C=O) groups excluding carboxylic acids is 2. The van der Waals surface area contributed by atoms with Gasteiger partial charge in [0.25, 0.3) is 5.91 Å². The number of rotatable bonds is 4. The summed E-state index contributed by atoms with van der Waals surface area (Å²) in [5.41, 5.74) is 0.557. The zero-order valence-corrected chi connectivity index (χ0v) is 13.7. The lowest BCUT2D eigenvalue weighted by Gasteiger charge is -2.38. The first-order valence-electron chi connectivity index (χ1n) is 7.52. The number of carbonyl (C=O) groups is 2. The number of pyridine rings is 1. The van der Waals surface area contributed by atoms with Gasteiger partial charge in [0.05, 0.1) is 7.11 Å². The third-order valence-corrected chi connectivity index (χ3v) is 4.54. The van der Waals surface area contributed by atoms with Crippen molar-refractivity contribution in [3.8, 4) is 0 Å². The normalized spacial score (nSPS) is 21.5. The summed E-state index contributed by atoms with van der Waals surface area (Å²) < 4.78 is 4.76. The SMILES string of the molecule is CC[C@@H]1CN(C(=O)c2ccnc(Cl)c2)CC[C@H]1CC(=O)OC. The molecule has 1 fully saturated rings. The highest BCUT2D eigenvalue weighted by molar-refractivity contribution is 6.29. The van der Waals surface area contributed by atoms with Crippen LogP contribution in [0.1, 0.15) is 36.5 Å². The van der Waals surface area contributed by atoms with Gasteiger partial charge in [-0.15, -0.1) is 0 Å². The zero-order valence-electron chi connectivity index (χ0n) is 12.9. The largest absolute Gasteiger partial charge is 0.469 e. The fourth-order valence-corrected chi connectivity index (χ4v) is 3.19. The van der Waals surface area contributed by atoms with Crippen molar-refractivity contribution in [2.75, 3.05) is 20.2 Å². The molecule has 0 saturated carbocycles. The van der Waals surface area contributed by atoms with E-state index in [0.29, 0.717) is 36.1 Å². The van der Waals surface area contributed by atoms with Crippen molar-refractivity contribution in [1.29, 1.82) is 0 Å². The second-order valence-corrected chi connectivity index (χ2v) is 6.00. The van der Waals surface area contributed by atoms with E-state index in [-0.39, 0.29) is 17.8 Å². The van der Waals surface area contributed by atoms with Crippen LogP contribution in [0.3, 0.4) is 0 Å². The molecular weight excluding hydrogens is 304 g/mol. The Morgan fingerprint density at radius 1 is 1.45 bits per heavy atom.